The van der Waals surface area contributed by atoms with Crippen LogP contribution in [0.15, 0.2) is 154 Å². The second kappa shape index (κ2) is 11.3. The number of fused-ring (bicyclic) bond motifs is 9. The third kappa shape index (κ3) is 4.60. The Morgan fingerprint density at radius 1 is 0.442 bits per heavy atom. The van der Waals surface area contributed by atoms with E-state index in [4.69, 9.17) is 23.8 Å². The van der Waals surface area contributed by atoms with Gasteiger partial charge in [-0.2, -0.15) is 0 Å². The molecule has 5 nitrogen and oxygen atoms in total. The van der Waals surface area contributed by atoms with Gasteiger partial charge in [-0.3, -0.25) is 0 Å². The van der Waals surface area contributed by atoms with Crippen molar-refractivity contribution in [3.63, 3.8) is 0 Å². The number of hydrogen-bond acceptors (Lipinski definition) is 5. The van der Waals surface area contributed by atoms with Gasteiger partial charge < -0.3 is 8.83 Å². The molecule has 0 aliphatic heterocycles. The van der Waals surface area contributed by atoms with Gasteiger partial charge in [0, 0.05) is 38.2 Å². The molecule has 7 aromatic carbocycles. The molecular formula is C47H29N3O2. The van der Waals surface area contributed by atoms with Crippen LogP contribution < -0.4 is 0 Å². The number of benzene rings is 7. The molecule has 0 unspecified atom stereocenters. The van der Waals surface area contributed by atoms with Gasteiger partial charge in [0.2, 0.25) is 0 Å². The van der Waals surface area contributed by atoms with Crippen LogP contribution in [0.2, 0.25) is 0 Å². The number of para-hydroxylation sites is 1. The van der Waals surface area contributed by atoms with E-state index in [1.54, 1.807) is 0 Å². The Morgan fingerprint density at radius 2 is 1.17 bits per heavy atom. The molecule has 10 aromatic rings. The zero-order valence-corrected chi connectivity index (χ0v) is 28.0. The number of rotatable bonds is 4. The fourth-order valence-electron chi connectivity index (χ4n) is 7.83. The highest BCUT2D eigenvalue weighted by molar-refractivity contribution is 6.13. The minimum atomic E-state index is 0.604. The van der Waals surface area contributed by atoms with E-state index in [9.17, 15) is 0 Å². The van der Waals surface area contributed by atoms with E-state index < -0.39 is 0 Å². The molecule has 3 aromatic heterocycles. The summed E-state index contributed by atoms with van der Waals surface area (Å²) in [7, 11) is 0. The quantitative estimate of drug-likeness (QED) is 0.187. The Labute approximate surface area is 298 Å². The van der Waals surface area contributed by atoms with E-state index in [0.717, 1.165) is 84.5 Å². The van der Waals surface area contributed by atoms with Crippen LogP contribution in [-0.4, -0.2) is 15.0 Å². The molecule has 5 heteroatoms. The summed E-state index contributed by atoms with van der Waals surface area (Å²) in [5.41, 5.74) is 11.0. The van der Waals surface area contributed by atoms with Crippen molar-refractivity contribution in [1.82, 2.24) is 15.0 Å². The summed E-state index contributed by atoms with van der Waals surface area (Å²) in [6, 6.07) is 48.2. The topological polar surface area (TPSA) is 65.0 Å². The average Bonchev–Trinajstić information content (AvgIpc) is 3.78. The van der Waals surface area contributed by atoms with E-state index in [1.165, 1.54) is 21.9 Å². The first kappa shape index (κ1) is 28.9. The lowest BCUT2D eigenvalue weighted by Gasteiger charge is -2.14. The number of aromatic nitrogens is 3. The molecule has 0 fully saturated rings. The Balaban J connectivity index is 1.06. The van der Waals surface area contributed by atoms with Crippen molar-refractivity contribution in [3.8, 4) is 45.3 Å². The second-order valence-electron chi connectivity index (χ2n) is 13.5. The Kier molecular flexibility index (Phi) is 6.31. The van der Waals surface area contributed by atoms with Crippen LogP contribution in [0.1, 0.15) is 17.5 Å². The van der Waals surface area contributed by atoms with Crippen molar-refractivity contribution in [2.24, 2.45) is 0 Å². The molecule has 3 heterocycles. The lowest BCUT2D eigenvalue weighted by atomic mass is 9.91. The maximum absolute atomic E-state index is 6.55. The van der Waals surface area contributed by atoms with Crippen molar-refractivity contribution in [2.45, 2.75) is 12.8 Å². The van der Waals surface area contributed by atoms with Crippen molar-refractivity contribution in [2.75, 3.05) is 0 Å². The maximum atomic E-state index is 6.55. The van der Waals surface area contributed by atoms with Crippen LogP contribution in [0.3, 0.4) is 0 Å². The van der Waals surface area contributed by atoms with E-state index in [-0.39, 0.29) is 0 Å². The van der Waals surface area contributed by atoms with Gasteiger partial charge in [0.15, 0.2) is 17.5 Å². The first-order valence-corrected chi connectivity index (χ1v) is 17.6. The van der Waals surface area contributed by atoms with Crippen LogP contribution in [0.5, 0.6) is 0 Å². The average molecular weight is 668 g/mol. The van der Waals surface area contributed by atoms with Gasteiger partial charge in [0.25, 0.3) is 0 Å². The molecule has 0 bridgehead atoms. The highest BCUT2D eigenvalue weighted by Gasteiger charge is 2.19. The molecule has 0 atom stereocenters. The zero-order valence-electron chi connectivity index (χ0n) is 28.0. The van der Waals surface area contributed by atoms with Gasteiger partial charge in [-0.1, -0.05) is 109 Å². The van der Waals surface area contributed by atoms with Gasteiger partial charge in [0.1, 0.15) is 22.3 Å². The monoisotopic (exact) mass is 667 g/mol. The van der Waals surface area contributed by atoms with E-state index in [2.05, 4.69) is 91.0 Å². The number of nitrogens with zero attached hydrogens (tertiary/aromatic N) is 3. The Bertz CT molecular complexity index is 3080. The summed E-state index contributed by atoms with van der Waals surface area (Å²) in [6.07, 6.45) is 6.69. The fraction of sp³-hybridized carbons (Fsp3) is 0.0426. The molecule has 0 spiro atoms. The third-order valence-corrected chi connectivity index (χ3v) is 10.4. The molecule has 11 rings (SSSR count). The van der Waals surface area contributed by atoms with Crippen LogP contribution in [0.4, 0.5) is 0 Å². The molecular weight excluding hydrogens is 639 g/mol. The summed E-state index contributed by atoms with van der Waals surface area (Å²) in [4.78, 5) is 15.3. The molecule has 0 N–H and O–H groups in total. The van der Waals surface area contributed by atoms with Gasteiger partial charge >= 0.3 is 0 Å². The summed E-state index contributed by atoms with van der Waals surface area (Å²) < 4.78 is 12.6. The predicted octanol–water partition coefficient (Wildman–Crippen LogP) is 12.5. The molecule has 0 radical (unpaired) electrons. The number of allylic oxidation sites excluding steroid dienone is 1. The highest BCUT2D eigenvalue weighted by Crippen LogP contribution is 2.40. The van der Waals surface area contributed by atoms with Gasteiger partial charge in [0.05, 0.1) is 0 Å². The Morgan fingerprint density at radius 3 is 2.12 bits per heavy atom. The normalized spacial score (nSPS) is 12.8. The summed E-state index contributed by atoms with van der Waals surface area (Å²) >= 11 is 0. The fourth-order valence-corrected chi connectivity index (χ4v) is 7.83. The molecule has 0 amide bonds. The molecule has 0 saturated carbocycles. The van der Waals surface area contributed by atoms with E-state index in [1.807, 2.05) is 60.7 Å². The molecule has 52 heavy (non-hydrogen) atoms. The van der Waals surface area contributed by atoms with E-state index >= 15 is 0 Å². The molecule has 244 valence electrons. The lowest BCUT2D eigenvalue weighted by Crippen LogP contribution is -2.00. The first-order chi connectivity index (χ1) is 25.7. The SMILES string of the molecule is C1=Cc2c(ccc3cc(-c4nc(-c5ccccc5)nc(-c5cccc6oc7cc(-c8ccc9oc%10ccccc%10c9c8)ccc7c56)n4)ccc23)CC1. The zero-order chi connectivity index (χ0) is 34.2. The Hall–Kier alpha value is -6.85. The van der Waals surface area contributed by atoms with Crippen molar-refractivity contribution in [3.05, 3.63) is 157 Å². The van der Waals surface area contributed by atoms with Crippen molar-refractivity contribution < 1.29 is 8.83 Å². The number of furan rings is 2. The van der Waals surface area contributed by atoms with Crippen molar-refractivity contribution in [1.29, 1.82) is 0 Å². The standard InChI is InChI=1S/C47H29N3O2/c1-2-10-29(11-3-1)45-48-46(33-20-22-35-32(25-33)18-17-28-9-4-5-12-34(28)35)50-47(49-45)38-14-8-16-42-44(38)37-23-19-31(27-43(37)52-42)30-21-24-41-39(26-30)36-13-6-7-15-40(36)51-41/h1-3,5-8,10-27H,4,9H2. The molecule has 1 aliphatic carbocycles. The van der Waals surface area contributed by atoms with Crippen LogP contribution in [0, 0.1) is 0 Å². The minimum absolute atomic E-state index is 0.604. The lowest BCUT2D eigenvalue weighted by molar-refractivity contribution is 0.669. The van der Waals surface area contributed by atoms with Gasteiger partial charge in [-0.05, 0) is 88.3 Å². The van der Waals surface area contributed by atoms with Gasteiger partial charge in [-0.25, -0.2) is 15.0 Å². The number of aryl methyl sites for hydroxylation is 1. The van der Waals surface area contributed by atoms with Crippen molar-refractivity contribution >= 4 is 60.7 Å². The maximum Gasteiger partial charge on any atom is 0.164 e. The molecule has 0 saturated heterocycles. The largest absolute Gasteiger partial charge is 0.456 e. The second-order valence-corrected chi connectivity index (χ2v) is 13.5. The van der Waals surface area contributed by atoms with Crippen LogP contribution in [0.25, 0.3) is 106 Å². The highest BCUT2D eigenvalue weighted by atomic mass is 16.3. The van der Waals surface area contributed by atoms with Crippen LogP contribution >= 0.6 is 0 Å². The predicted molar refractivity (Wildman–Crippen MR) is 211 cm³/mol. The van der Waals surface area contributed by atoms with E-state index in [0.29, 0.717) is 17.5 Å². The minimum Gasteiger partial charge on any atom is -0.456 e. The first-order valence-electron chi connectivity index (χ1n) is 17.6. The van der Waals surface area contributed by atoms with Crippen LogP contribution in [-0.2, 0) is 6.42 Å². The smallest absolute Gasteiger partial charge is 0.164 e. The molecule has 1 aliphatic rings. The summed E-state index contributed by atoms with van der Waals surface area (Å²) in [5, 5.41) is 6.62. The summed E-state index contributed by atoms with van der Waals surface area (Å²) in [5.74, 6) is 1.86. The van der Waals surface area contributed by atoms with Gasteiger partial charge in [-0.15, -0.1) is 0 Å². The number of hydrogen-bond donors (Lipinski definition) is 0. The summed E-state index contributed by atoms with van der Waals surface area (Å²) in [6.45, 7) is 0. The third-order valence-electron chi connectivity index (χ3n) is 10.4.